The van der Waals surface area contributed by atoms with Crippen LogP contribution in [0.25, 0.3) is 11.1 Å². The monoisotopic (exact) mass is 516 g/mol. The van der Waals surface area contributed by atoms with Gasteiger partial charge in [0, 0.05) is 30.2 Å². The molecule has 0 unspecified atom stereocenters. The Morgan fingerprint density at radius 2 is 1.95 bits per heavy atom. The van der Waals surface area contributed by atoms with Gasteiger partial charge in [0.15, 0.2) is 0 Å². The zero-order valence-electron chi connectivity index (χ0n) is 22.5. The molecule has 1 aliphatic carbocycles. The second kappa shape index (κ2) is 10.3. The molecule has 200 valence electrons. The number of aliphatic carboxylic acids is 1. The maximum absolute atomic E-state index is 11.1. The summed E-state index contributed by atoms with van der Waals surface area (Å²) < 4.78 is 11.7. The molecule has 0 saturated heterocycles. The Labute approximate surface area is 223 Å². The van der Waals surface area contributed by atoms with E-state index in [9.17, 15) is 9.90 Å². The molecular weight excluding hydrogens is 480 g/mol. The van der Waals surface area contributed by atoms with Crippen LogP contribution in [0.3, 0.4) is 0 Å². The standard InChI is InChI=1S/C31H36N2O5/c1-18-12-21(37-11-10-31(3,4)36)13-19(2)30(18)24-7-5-6-23-22(24)8-9-26(23)33-28-15-27-25(16-32-28)20(17-38-27)14-29(34)35/h5-7,12-13,15-16,20,26,36H,8-11,14,17H2,1-4H3,(H,32,33)(H,34,35)/t20-,26+/m0/s1. The largest absolute Gasteiger partial charge is 0.493 e. The first-order chi connectivity index (χ1) is 18.1. The highest BCUT2D eigenvalue weighted by atomic mass is 16.5. The third-order valence-corrected chi connectivity index (χ3v) is 7.55. The lowest BCUT2D eigenvalue weighted by molar-refractivity contribution is -0.137. The maximum Gasteiger partial charge on any atom is 0.304 e. The number of ether oxygens (including phenoxy) is 2. The van der Waals surface area contributed by atoms with Crippen LogP contribution < -0.4 is 14.8 Å². The molecule has 2 atom stereocenters. The minimum absolute atomic E-state index is 0.0486. The van der Waals surface area contributed by atoms with E-state index in [4.69, 9.17) is 14.6 Å². The lowest BCUT2D eigenvalue weighted by atomic mass is 9.90. The van der Waals surface area contributed by atoms with Gasteiger partial charge in [-0.05, 0) is 86.1 Å². The lowest BCUT2D eigenvalue weighted by Crippen LogP contribution is -2.21. The number of anilines is 1. The number of hydrogen-bond acceptors (Lipinski definition) is 6. The fraction of sp³-hybridized carbons (Fsp3) is 0.419. The van der Waals surface area contributed by atoms with Crippen LogP contribution >= 0.6 is 0 Å². The highest BCUT2D eigenvalue weighted by Gasteiger charge is 2.29. The predicted octanol–water partition coefficient (Wildman–Crippen LogP) is 5.96. The van der Waals surface area contributed by atoms with Crippen molar-refractivity contribution < 1.29 is 24.5 Å². The van der Waals surface area contributed by atoms with Crippen LogP contribution in [-0.4, -0.2) is 40.0 Å². The number of aliphatic hydroxyl groups is 1. The SMILES string of the molecule is Cc1cc(OCCC(C)(C)O)cc(C)c1-c1cccc2c1CC[C@H]2Nc1cc2c(cn1)[C@@H](CC(=O)O)CO2. The van der Waals surface area contributed by atoms with E-state index in [1.54, 1.807) is 20.0 Å². The summed E-state index contributed by atoms with van der Waals surface area (Å²) in [6.07, 6.45) is 4.30. The number of hydrogen-bond donors (Lipinski definition) is 3. The summed E-state index contributed by atoms with van der Waals surface area (Å²) in [5.74, 6) is 1.31. The number of rotatable bonds is 9. The number of carboxylic acids is 1. The number of fused-ring (bicyclic) bond motifs is 2. The van der Waals surface area contributed by atoms with Crippen molar-refractivity contribution in [2.75, 3.05) is 18.5 Å². The van der Waals surface area contributed by atoms with Crippen molar-refractivity contribution in [3.63, 3.8) is 0 Å². The third kappa shape index (κ3) is 5.48. The summed E-state index contributed by atoms with van der Waals surface area (Å²) in [6.45, 7) is 8.69. The Kier molecular flexibility index (Phi) is 7.05. The number of carboxylic acid groups (broad SMARTS) is 1. The molecule has 0 radical (unpaired) electrons. The van der Waals surface area contributed by atoms with Gasteiger partial charge in [0.2, 0.25) is 0 Å². The van der Waals surface area contributed by atoms with Crippen molar-refractivity contribution in [3.8, 4) is 22.6 Å². The van der Waals surface area contributed by atoms with Gasteiger partial charge in [-0.3, -0.25) is 4.79 Å². The summed E-state index contributed by atoms with van der Waals surface area (Å²) in [5, 5.41) is 22.7. The van der Waals surface area contributed by atoms with E-state index in [1.165, 1.54) is 33.4 Å². The molecule has 0 fully saturated rings. The van der Waals surface area contributed by atoms with Crippen LogP contribution in [-0.2, 0) is 11.2 Å². The van der Waals surface area contributed by atoms with Gasteiger partial charge in [-0.1, -0.05) is 18.2 Å². The van der Waals surface area contributed by atoms with Crippen LogP contribution in [0.5, 0.6) is 11.5 Å². The Bertz CT molecular complexity index is 1340. The van der Waals surface area contributed by atoms with E-state index in [0.29, 0.717) is 19.6 Å². The first-order valence-corrected chi connectivity index (χ1v) is 13.3. The molecular formula is C31H36N2O5. The predicted molar refractivity (Wildman–Crippen MR) is 147 cm³/mol. The van der Waals surface area contributed by atoms with Crippen molar-refractivity contribution in [2.45, 2.75) is 70.9 Å². The zero-order valence-corrected chi connectivity index (χ0v) is 22.5. The van der Waals surface area contributed by atoms with E-state index in [0.717, 1.165) is 35.7 Å². The summed E-state index contributed by atoms with van der Waals surface area (Å²) in [5.41, 5.74) is 7.58. The highest BCUT2D eigenvalue weighted by molar-refractivity contribution is 5.76. The molecule has 0 saturated carbocycles. The molecule has 0 bridgehead atoms. The van der Waals surface area contributed by atoms with E-state index in [-0.39, 0.29) is 18.4 Å². The van der Waals surface area contributed by atoms with Gasteiger partial charge in [0.05, 0.1) is 31.3 Å². The Morgan fingerprint density at radius 3 is 2.66 bits per heavy atom. The first kappa shape index (κ1) is 26.0. The topological polar surface area (TPSA) is 101 Å². The van der Waals surface area contributed by atoms with Crippen molar-refractivity contribution in [3.05, 3.63) is 70.4 Å². The van der Waals surface area contributed by atoms with Crippen molar-refractivity contribution >= 4 is 11.8 Å². The summed E-state index contributed by atoms with van der Waals surface area (Å²) in [4.78, 5) is 15.7. The Balaban J connectivity index is 1.35. The van der Waals surface area contributed by atoms with Crippen molar-refractivity contribution in [2.24, 2.45) is 0 Å². The second-order valence-electron chi connectivity index (χ2n) is 11.2. The average molecular weight is 517 g/mol. The van der Waals surface area contributed by atoms with Gasteiger partial charge in [-0.2, -0.15) is 0 Å². The summed E-state index contributed by atoms with van der Waals surface area (Å²) in [7, 11) is 0. The van der Waals surface area contributed by atoms with Crippen molar-refractivity contribution in [1.82, 2.24) is 4.98 Å². The van der Waals surface area contributed by atoms with Crippen LogP contribution in [0.2, 0.25) is 0 Å². The van der Waals surface area contributed by atoms with Crippen LogP contribution in [0.1, 0.15) is 72.9 Å². The molecule has 3 aromatic rings. The number of nitrogens with one attached hydrogen (secondary N) is 1. The third-order valence-electron chi connectivity index (χ3n) is 7.55. The maximum atomic E-state index is 11.1. The lowest BCUT2D eigenvalue weighted by Gasteiger charge is -2.20. The quantitative estimate of drug-likeness (QED) is 0.323. The molecule has 0 amide bonds. The van der Waals surface area contributed by atoms with Gasteiger partial charge in [-0.25, -0.2) is 4.98 Å². The second-order valence-corrected chi connectivity index (χ2v) is 11.2. The molecule has 7 heteroatoms. The van der Waals surface area contributed by atoms with Crippen molar-refractivity contribution in [1.29, 1.82) is 0 Å². The van der Waals surface area contributed by atoms with Gasteiger partial charge in [-0.15, -0.1) is 0 Å². The number of benzene rings is 2. The van der Waals surface area contributed by atoms with Crippen LogP contribution in [0.4, 0.5) is 5.82 Å². The minimum atomic E-state index is -0.828. The summed E-state index contributed by atoms with van der Waals surface area (Å²) in [6, 6.07) is 12.7. The minimum Gasteiger partial charge on any atom is -0.493 e. The van der Waals surface area contributed by atoms with Gasteiger partial charge in [0.25, 0.3) is 0 Å². The fourth-order valence-corrected chi connectivity index (χ4v) is 5.69. The van der Waals surface area contributed by atoms with Gasteiger partial charge >= 0.3 is 5.97 Å². The van der Waals surface area contributed by atoms with E-state index < -0.39 is 11.6 Å². The first-order valence-electron chi connectivity index (χ1n) is 13.3. The summed E-state index contributed by atoms with van der Waals surface area (Å²) >= 11 is 0. The van der Waals surface area contributed by atoms with Crippen LogP contribution in [0, 0.1) is 13.8 Å². The zero-order chi connectivity index (χ0) is 27.0. The smallest absolute Gasteiger partial charge is 0.304 e. The number of carbonyl (C=O) groups is 1. The van der Waals surface area contributed by atoms with E-state index in [1.807, 2.05) is 6.07 Å². The highest BCUT2D eigenvalue weighted by Crippen LogP contribution is 2.43. The molecule has 5 rings (SSSR count). The molecule has 7 nitrogen and oxygen atoms in total. The molecule has 1 aromatic heterocycles. The molecule has 2 aliphatic rings. The van der Waals surface area contributed by atoms with Crippen LogP contribution in [0.15, 0.2) is 42.6 Å². The average Bonchev–Trinajstić information content (AvgIpc) is 3.42. The molecule has 1 aliphatic heterocycles. The number of pyridine rings is 1. The Hall–Kier alpha value is -3.58. The van der Waals surface area contributed by atoms with E-state index in [2.05, 4.69) is 54.5 Å². The van der Waals surface area contributed by atoms with E-state index >= 15 is 0 Å². The number of aromatic nitrogens is 1. The number of nitrogens with zero attached hydrogens (tertiary/aromatic N) is 1. The normalized spacial score (nSPS) is 18.0. The Morgan fingerprint density at radius 1 is 1.18 bits per heavy atom. The molecule has 2 aromatic carbocycles. The van der Waals surface area contributed by atoms with Gasteiger partial charge in [0.1, 0.15) is 17.3 Å². The van der Waals surface area contributed by atoms with Gasteiger partial charge < -0.3 is 25.0 Å². The number of aryl methyl sites for hydroxylation is 2. The molecule has 2 heterocycles. The molecule has 0 spiro atoms. The molecule has 38 heavy (non-hydrogen) atoms. The fourth-order valence-electron chi connectivity index (χ4n) is 5.69. The molecule has 3 N–H and O–H groups in total.